The van der Waals surface area contributed by atoms with Gasteiger partial charge in [0.25, 0.3) is 0 Å². The molecule has 0 fully saturated rings. The molecule has 20 heavy (non-hydrogen) atoms. The van der Waals surface area contributed by atoms with Gasteiger partial charge in [0.15, 0.2) is 0 Å². The molecule has 0 aliphatic heterocycles. The molecule has 1 N–H and O–H groups in total. The lowest BCUT2D eigenvalue weighted by Crippen LogP contribution is -2.24. The first kappa shape index (κ1) is 14.3. The smallest absolute Gasteiger partial charge is 0.219 e. The summed E-state index contributed by atoms with van der Waals surface area (Å²) in [6, 6.07) is 10.1. The molecule has 106 valence electrons. The first-order valence-corrected chi connectivity index (χ1v) is 7.00. The van der Waals surface area contributed by atoms with Crippen molar-refractivity contribution >= 4 is 5.91 Å². The summed E-state index contributed by atoms with van der Waals surface area (Å²) >= 11 is 0. The molecule has 4 nitrogen and oxygen atoms in total. The second-order valence-corrected chi connectivity index (χ2v) is 4.85. The maximum absolute atomic E-state index is 11.3. The minimum Gasteiger partial charge on any atom is -0.356 e. The molecule has 0 spiro atoms. The predicted octanol–water partition coefficient (Wildman–Crippen LogP) is 2.56. The molecule has 1 aromatic carbocycles. The third-order valence-corrected chi connectivity index (χ3v) is 3.46. The van der Waals surface area contributed by atoms with E-state index in [1.807, 2.05) is 48.9 Å². The number of para-hydroxylation sites is 1. The van der Waals surface area contributed by atoms with E-state index < -0.39 is 0 Å². The maximum atomic E-state index is 11.3. The average Bonchev–Trinajstić information content (AvgIpc) is 2.75. The Morgan fingerprint density at radius 2 is 1.95 bits per heavy atom. The molecule has 0 saturated heterocycles. The average molecular weight is 271 g/mol. The monoisotopic (exact) mass is 271 g/mol. The number of nitrogens with one attached hydrogen (secondary N) is 1. The van der Waals surface area contributed by atoms with Crippen LogP contribution in [0.5, 0.6) is 0 Å². The number of nitrogens with zero attached hydrogens (tertiary/aromatic N) is 2. The summed E-state index contributed by atoms with van der Waals surface area (Å²) < 4.78 is 1.96. The fourth-order valence-electron chi connectivity index (χ4n) is 2.31. The van der Waals surface area contributed by atoms with Crippen LogP contribution in [0.2, 0.25) is 0 Å². The molecule has 4 heteroatoms. The van der Waals surface area contributed by atoms with Gasteiger partial charge in [-0.15, -0.1) is 0 Å². The van der Waals surface area contributed by atoms with Crippen molar-refractivity contribution in [2.45, 2.75) is 33.6 Å². The Bertz CT molecular complexity index is 587. The highest BCUT2D eigenvalue weighted by molar-refractivity contribution is 5.75. The molecule has 2 aromatic rings. The van der Waals surface area contributed by atoms with Crippen LogP contribution in [0.25, 0.3) is 5.69 Å². The van der Waals surface area contributed by atoms with Gasteiger partial charge in [-0.3, -0.25) is 4.79 Å². The fraction of sp³-hybridized carbons (Fsp3) is 0.375. The van der Waals surface area contributed by atoms with Gasteiger partial charge in [-0.2, -0.15) is 5.10 Å². The highest BCUT2D eigenvalue weighted by atomic mass is 16.1. The second-order valence-electron chi connectivity index (χ2n) is 4.85. The van der Waals surface area contributed by atoms with Crippen LogP contribution in [0.4, 0.5) is 0 Å². The van der Waals surface area contributed by atoms with Gasteiger partial charge >= 0.3 is 0 Å². The summed E-state index contributed by atoms with van der Waals surface area (Å²) in [6.07, 6.45) is 1.34. The van der Waals surface area contributed by atoms with Crippen LogP contribution in [0.3, 0.4) is 0 Å². The minimum absolute atomic E-state index is 0.0933. The molecule has 1 aromatic heterocycles. The van der Waals surface area contributed by atoms with E-state index in [-0.39, 0.29) is 5.91 Å². The lowest BCUT2D eigenvalue weighted by atomic mass is 10.1. The van der Waals surface area contributed by atoms with Crippen LogP contribution in [-0.4, -0.2) is 22.2 Å². The lowest BCUT2D eigenvalue weighted by molar-refractivity contribution is -0.120. The van der Waals surface area contributed by atoms with Crippen LogP contribution in [0, 0.1) is 13.8 Å². The molecule has 1 amide bonds. The second kappa shape index (κ2) is 6.37. The zero-order chi connectivity index (χ0) is 14.5. The van der Waals surface area contributed by atoms with Gasteiger partial charge < -0.3 is 5.32 Å². The van der Waals surface area contributed by atoms with E-state index in [4.69, 9.17) is 0 Å². The van der Waals surface area contributed by atoms with Gasteiger partial charge in [0.2, 0.25) is 5.91 Å². The summed E-state index contributed by atoms with van der Waals surface area (Å²) in [6.45, 7) is 6.61. The number of hydrogen-bond acceptors (Lipinski definition) is 2. The molecule has 0 radical (unpaired) electrons. The molecule has 2 rings (SSSR count). The van der Waals surface area contributed by atoms with Crippen molar-refractivity contribution in [3.63, 3.8) is 0 Å². The maximum Gasteiger partial charge on any atom is 0.219 e. The molecule has 1 heterocycles. The number of amides is 1. The van der Waals surface area contributed by atoms with Gasteiger partial charge in [0.05, 0.1) is 11.4 Å². The molecule has 0 saturated carbocycles. The molecular weight excluding hydrogens is 250 g/mol. The SMILES string of the molecule is CCC(=O)NCCc1c(C)nn(-c2ccccc2)c1C. The van der Waals surface area contributed by atoms with E-state index in [0.29, 0.717) is 13.0 Å². The van der Waals surface area contributed by atoms with Gasteiger partial charge in [0.1, 0.15) is 0 Å². The highest BCUT2D eigenvalue weighted by Gasteiger charge is 2.12. The van der Waals surface area contributed by atoms with Crippen molar-refractivity contribution < 1.29 is 4.79 Å². The van der Waals surface area contributed by atoms with Crippen molar-refractivity contribution in [1.29, 1.82) is 0 Å². The quantitative estimate of drug-likeness (QED) is 0.908. The number of aryl methyl sites for hydroxylation is 1. The van der Waals surface area contributed by atoms with Gasteiger partial charge in [-0.05, 0) is 38.0 Å². The van der Waals surface area contributed by atoms with E-state index in [9.17, 15) is 4.79 Å². The van der Waals surface area contributed by atoms with Crippen molar-refractivity contribution in [2.24, 2.45) is 0 Å². The summed E-state index contributed by atoms with van der Waals surface area (Å²) in [7, 11) is 0. The minimum atomic E-state index is 0.0933. The van der Waals surface area contributed by atoms with Crippen LogP contribution in [-0.2, 0) is 11.2 Å². The van der Waals surface area contributed by atoms with Gasteiger partial charge in [-0.1, -0.05) is 25.1 Å². The first-order valence-electron chi connectivity index (χ1n) is 7.00. The molecular formula is C16H21N3O. The van der Waals surface area contributed by atoms with E-state index in [0.717, 1.165) is 23.5 Å². The van der Waals surface area contributed by atoms with Crippen molar-refractivity contribution in [2.75, 3.05) is 6.54 Å². The Labute approximate surface area is 119 Å². The topological polar surface area (TPSA) is 46.9 Å². The Balaban J connectivity index is 2.15. The molecule has 0 aliphatic carbocycles. The predicted molar refractivity (Wildman–Crippen MR) is 80.0 cm³/mol. The highest BCUT2D eigenvalue weighted by Crippen LogP contribution is 2.17. The molecule has 0 unspecified atom stereocenters. The molecule has 0 bridgehead atoms. The Kier molecular flexibility index (Phi) is 4.56. The fourth-order valence-corrected chi connectivity index (χ4v) is 2.31. The third-order valence-electron chi connectivity index (χ3n) is 3.46. The van der Waals surface area contributed by atoms with E-state index in [1.54, 1.807) is 0 Å². The third kappa shape index (κ3) is 3.07. The van der Waals surface area contributed by atoms with Crippen molar-refractivity contribution in [3.05, 3.63) is 47.3 Å². The largest absolute Gasteiger partial charge is 0.356 e. The van der Waals surface area contributed by atoms with E-state index >= 15 is 0 Å². The van der Waals surface area contributed by atoms with E-state index in [2.05, 4.69) is 17.3 Å². The van der Waals surface area contributed by atoms with E-state index in [1.165, 1.54) is 5.56 Å². The van der Waals surface area contributed by atoms with Crippen LogP contribution >= 0.6 is 0 Å². The lowest BCUT2D eigenvalue weighted by Gasteiger charge is -2.06. The number of benzene rings is 1. The summed E-state index contributed by atoms with van der Waals surface area (Å²) in [5, 5.41) is 7.51. The zero-order valence-corrected chi connectivity index (χ0v) is 12.3. The number of carbonyl (C=O) groups excluding carboxylic acids is 1. The zero-order valence-electron chi connectivity index (χ0n) is 12.3. The number of rotatable bonds is 5. The number of carbonyl (C=O) groups is 1. The molecule has 0 atom stereocenters. The van der Waals surface area contributed by atoms with Crippen LogP contribution in [0.1, 0.15) is 30.3 Å². The standard InChI is InChI=1S/C16H21N3O/c1-4-16(20)17-11-10-15-12(2)18-19(13(15)3)14-8-6-5-7-9-14/h5-9H,4,10-11H2,1-3H3,(H,17,20). The summed E-state index contributed by atoms with van der Waals surface area (Å²) in [4.78, 5) is 11.3. The van der Waals surface area contributed by atoms with Gasteiger partial charge in [-0.25, -0.2) is 4.68 Å². The number of hydrogen-bond donors (Lipinski definition) is 1. The summed E-state index contributed by atoms with van der Waals surface area (Å²) in [5.41, 5.74) is 4.44. The normalized spacial score (nSPS) is 10.6. The van der Waals surface area contributed by atoms with Crippen LogP contribution < -0.4 is 5.32 Å². The summed E-state index contributed by atoms with van der Waals surface area (Å²) in [5.74, 6) is 0.0933. The number of aromatic nitrogens is 2. The van der Waals surface area contributed by atoms with Crippen molar-refractivity contribution in [1.82, 2.24) is 15.1 Å². The van der Waals surface area contributed by atoms with Gasteiger partial charge in [0, 0.05) is 18.7 Å². The molecule has 0 aliphatic rings. The first-order chi connectivity index (χ1) is 9.63. The van der Waals surface area contributed by atoms with Crippen LogP contribution in [0.15, 0.2) is 30.3 Å². The Hall–Kier alpha value is -2.10. The van der Waals surface area contributed by atoms with Crippen molar-refractivity contribution in [3.8, 4) is 5.69 Å². The Morgan fingerprint density at radius 3 is 2.60 bits per heavy atom. The Morgan fingerprint density at radius 1 is 1.25 bits per heavy atom.